The number of nitrogens with one attached hydrogen (secondary N) is 1. The normalized spacial score (nSPS) is 15.2. The van der Waals surface area contributed by atoms with Gasteiger partial charge in [0, 0.05) is 57.4 Å². The highest BCUT2D eigenvalue weighted by molar-refractivity contribution is 6.34. The molecule has 0 unspecified atom stereocenters. The van der Waals surface area contributed by atoms with Crippen molar-refractivity contribution in [2.24, 2.45) is 12.8 Å². The molecule has 0 spiro atoms. The first kappa shape index (κ1) is 40.4. The maximum atomic E-state index is 14.7. The molecule has 0 saturated carbocycles. The fourth-order valence-corrected chi connectivity index (χ4v) is 6.70. The van der Waals surface area contributed by atoms with Gasteiger partial charge in [0.25, 0.3) is 11.8 Å². The van der Waals surface area contributed by atoms with Crippen LogP contribution in [0.3, 0.4) is 0 Å². The van der Waals surface area contributed by atoms with E-state index < -0.39 is 30.0 Å². The van der Waals surface area contributed by atoms with Crippen LogP contribution in [0.25, 0.3) is 11.3 Å². The van der Waals surface area contributed by atoms with E-state index in [4.69, 9.17) is 32.0 Å². The quantitative estimate of drug-likeness (QED) is 0.198. The molecule has 2 aromatic carbocycles. The average molecular weight is 763 g/mol. The first-order valence-electron chi connectivity index (χ1n) is 16.6. The van der Waals surface area contributed by atoms with E-state index in [1.165, 1.54) is 55.3 Å². The van der Waals surface area contributed by atoms with Gasteiger partial charge in [0.1, 0.15) is 0 Å². The second-order valence-corrected chi connectivity index (χ2v) is 12.9. The Kier molecular flexibility index (Phi) is 13.7. The summed E-state index contributed by atoms with van der Waals surface area (Å²) in [7, 11) is 2.72. The van der Waals surface area contributed by atoms with Crippen LogP contribution in [0.2, 0.25) is 5.02 Å². The second-order valence-electron chi connectivity index (χ2n) is 12.5. The molecule has 0 atom stereocenters. The van der Waals surface area contributed by atoms with Gasteiger partial charge in [0.05, 0.1) is 62.3 Å². The van der Waals surface area contributed by atoms with Crippen LogP contribution in [-0.4, -0.2) is 143 Å². The summed E-state index contributed by atoms with van der Waals surface area (Å²) in [4.78, 5) is 68.6. The number of nitrogens with zero attached hydrogens (tertiary/aromatic N) is 6. The lowest BCUT2D eigenvalue weighted by molar-refractivity contribution is -0.924. The largest absolute Gasteiger partial charge is 0.554 e. The number of quaternary nitrogens is 1. The zero-order chi connectivity index (χ0) is 38.9. The molecule has 4 N–H and O–H groups in total. The van der Waals surface area contributed by atoms with Gasteiger partial charge in [0.2, 0.25) is 5.82 Å². The Labute approximate surface area is 308 Å². The van der Waals surface area contributed by atoms with Gasteiger partial charge in [-0.3, -0.25) is 9.59 Å². The lowest BCUT2D eigenvalue weighted by Gasteiger charge is -2.45. The highest BCUT2D eigenvalue weighted by atomic mass is 35.5. The third-order valence-corrected chi connectivity index (χ3v) is 9.61. The number of halogens is 3. The number of carbonyl (C=O) groups is 5. The Morgan fingerprint density at radius 1 is 1.04 bits per heavy atom. The number of benzene rings is 2. The summed E-state index contributed by atoms with van der Waals surface area (Å²) >= 11 is 6.49. The van der Waals surface area contributed by atoms with Gasteiger partial charge in [-0.1, -0.05) is 11.6 Å². The van der Waals surface area contributed by atoms with E-state index in [1.54, 1.807) is 14.7 Å². The lowest BCUT2D eigenvalue weighted by atomic mass is 10.1. The predicted octanol–water partition coefficient (Wildman–Crippen LogP) is 1.09. The fourth-order valence-electron chi connectivity index (χ4n) is 6.44. The second kappa shape index (κ2) is 17.9. The van der Waals surface area contributed by atoms with Crippen molar-refractivity contribution in [1.82, 2.24) is 24.3 Å². The molecular formula is C34H41ClF2N8O8. The molecule has 53 heavy (non-hydrogen) atoms. The molecule has 2 saturated heterocycles. The number of ether oxygens (including phenoxy) is 1. The number of carboxylic acids is 1. The number of methoxy groups -OCH3 is 1. The van der Waals surface area contributed by atoms with Crippen molar-refractivity contribution in [3.05, 3.63) is 64.6 Å². The van der Waals surface area contributed by atoms with Crippen molar-refractivity contribution in [3.63, 3.8) is 0 Å². The number of imidazole rings is 1. The molecule has 16 nitrogen and oxygen atoms in total. The van der Waals surface area contributed by atoms with Crippen molar-refractivity contribution in [2.45, 2.75) is 6.42 Å². The molecule has 2 aliphatic rings. The molecule has 0 radical (unpaired) electrons. The van der Waals surface area contributed by atoms with Gasteiger partial charge >= 0.3 is 12.0 Å². The first-order valence-corrected chi connectivity index (χ1v) is 17.0. The topological polar surface area (TPSA) is 203 Å². The third kappa shape index (κ3) is 9.37. The molecule has 4 amide bonds. The number of anilines is 1. The van der Waals surface area contributed by atoms with Gasteiger partial charge in [-0.25, -0.2) is 19.0 Å². The van der Waals surface area contributed by atoms with E-state index in [0.29, 0.717) is 76.4 Å². The third-order valence-electron chi connectivity index (χ3n) is 9.30. The fraction of sp³-hybridized carbons (Fsp3) is 0.412. The van der Waals surface area contributed by atoms with Crippen LogP contribution in [0.4, 0.5) is 19.3 Å². The highest BCUT2D eigenvalue weighted by Crippen LogP contribution is 2.30. The van der Waals surface area contributed by atoms with Crippen molar-refractivity contribution in [1.29, 1.82) is 0 Å². The number of hydrogen-bond donors (Lipinski definition) is 3. The summed E-state index contributed by atoms with van der Waals surface area (Å²) in [6.45, 7) is 3.84. The molecule has 5 rings (SSSR count). The van der Waals surface area contributed by atoms with Crippen molar-refractivity contribution >= 4 is 47.6 Å². The number of nitrogens with two attached hydrogens (primary N) is 1. The predicted molar refractivity (Wildman–Crippen MR) is 186 cm³/mol. The maximum absolute atomic E-state index is 14.7. The van der Waals surface area contributed by atoms with Crippen LogP contribution in [0.1, 0.15) is 27.4 Å². The zero-order valence-corrected chi connectivity index (χ0v) is 30.0. The molecule has 3 aromatic rings. The number of aromatic nitrogens is 2. The smallest absolute Gasteiger partial charge is 0.359 e. The molecule has 2 fully saturated rings. The Bertz CT molecular complexity index is 1830. The van der Waals surface area contributed by atoms with Crippen LogP contribution in [0, 0.1) is 11.6 Å². The molecule has 0 aliphatic carbocycles. The molecule has 286 valence electrons. The number of hydrogen-bond acceptors (Lipinski definition) is 9. The minimum atomic E-state index is -1.16. The van der Waals surface area contributed by atoms with Crippen LogP contribution >= 0.6 is 11.6 Å². The molecule has 0 bridgehead atoms. The number of amides is 4. The van der Waals surface area contributed by atoms with E-state index >= 15 is 0 Å². The van der Waals surface area contributed by atoms with Gasteiger partial charge in [-0.05, 0) is 36.9 Å². The lowest BCUT2D eigenvalue weighted by Crippen LogP contribution is -2.64. The Hall–Kier alpha value is -5.33. The Balaban J connectivity index is 0.00000202. The van der Waals surface area contributed by atoms with E-state index in [0.717, 1.165) is 0 Å². The van der Waals surface area contributed by atoms with Gasteiger partial charge in [-0.15, -0.1) is 0 Å². The summed E-state index contributed by atoms with van der Waals surface area (Å²) in [5.74, 6) is -4.46. The molecule has 1 aromatic heterocycles. The van der Waals surface area contributed by atoms with Crippen LogP contribution in [0.5, 0.6) is 5.75 Å². The Morgan fingerprint density at radius 3 is 2.25 bits per heavy atom. The zero-order valence-electron chi connectivity index (χ0n) is 29.2. The molecular weight excluding hydrogens is 722 g/mol. The highest BCUT2D eigenvalue weighted by Gasteiger charge is 2.38. The van der Waals surface area contributed by atoms with E-state index in [2.05, 4.69) is 10.3 Å². The standard InChI is InChI=1S/C33H39ClF2N8O6.CH2O2/c1-40-25(23-6-7-26(50-2)29(36)28(23)35)19-38-30(40)31(47)39-21-4-5-22(24(34)18-21)32(48)41-9-11-42(12-10-41)33(49)43-13-16-44(17-14-43,15-3-8-37)20-27(45)46;2-1-3/h4-7,18-19H,3,8-17,20,37H2,1-2H3,(H-,39,45,46,47,48);1H,(H,2,3). The minimum absolute atomic E-state index is 0.000614. The summed E-state index contributed by atoms with van der Waals surface area (Å²) in [6.07, 6.45) is 1.97. The van der Waals surface area contributed by atoms with E-state index in [9.17, 15) is 33.1 Å². The van der Waals surface area contributed by atoms with Crippen molar-refractivity contribution < 1.29 is 52.2 Å². The van der Waals surface area contributed by atoms with Crippen LogP contribution in [0.15, 0.2) is 36.5 Å². The van der Waals surface area contributed by atoms with Gasteiger partial charge in [-0.2, -0.15) is 4.39 Å². The number of piperazine rings is 2. The molecule has 2 aliphatic heterocycles. The van der Waals surface area contributed by atoms with Crippen LogP contribution in [-0.2, 0) is 16.6 Å². The minimum Gasteiger partial charge on any atom is -0.554 e. The molecule has 3 heterocycles. The monoisotopic (exact) mass is 762 g/mol. The van der Waals surface area contributed by atoms with Crippen molar-refractivity contribution in [2.75, 3.05) is 84.4 Å². The van der Waals surface area contributed by atoms with E-state index in [-0.39, 0.29) is 57.6 Å². The Morgan fingerprint density at radius 2 is 1.66 bits per heavy atom. The van der Waals surface area contributed by atoms with E-state index in [1.807, 2.05) is 0 Å². The van der Waals surface area contributed by atoms with Crippen LogP contribution < -0.4 is 20.9 Å². The summed E-state index contributed by atoms with van der Waals surface area (Å²) in [6, 6.07) is 6.92. The average Bonchev–Trinajstić information content (AvgIpc) is 3.52. The number of aliphatic carboxylic acids is 1. The molecule has 19 heteroatoms. The first-order chi connectivity index (χ1) is 25.3. The summed E-state index contributed by atoms with van der Waals surface area (Å²) in [5, 5.41) is 20.4. The van der Waals surface area contributed by atoms with Gasteiger partial charge < -0.3 is 54.5 Å². The number of urea groups is 1. The SMILES string of the molecule is COc1ccc(-c2cnc(C(=O)Nc3ccc(C(=O)N4CCN(C(=O)N5CC[N+](CCCN)(CC(=O)O)CC5)CC4)c(Cl)c3)n2C)c(F)c1F.O=C[O-]. The van der Waals surface area contributed by atoms with Gasteiger partial charge in [0.15, 0.2) is 23.9 Å². The number of carbonyl (C=O) groups excluding carboxylic acids is 4. The van der Waals surface area contributed by atoms with Crippen molar-refractivity contribution in [3.8, 4) is 17.0 Å². The maximum Gasteiger partial charge on any atom is 0.359 e. The summed E-state index contributed by atoms with van der Waals surface area (Å²) in [5.41, 5.74) is 6.24. The number of carboxylic acid groups (broad SMARTS) is 2. The number of rotatable bonds is 10. The summed E-state index contributed by atoms with van der Waals surface area (Å²) < 4.78 is 35.5.